The lowest BCUT2D eigenvalue weighted by Gasteiger charge is -2.30. The summed E-state index contributed by atoms with van der Waals surface area (Å²) >= 11 is 0. The molecule has 1 atom stereocenters. The van der Waals surface area contributed by atoms with Crippen molar-refractivity contribution in [2.24, 2.45) is 7.05 Å². The van der Waals surface area contributed by atoms with Gasteiger partial charge in [0.15, 0.2) is 0 Å². The minimum absolute atomic E-state index is 0.144. The van der Waals surface area contributed by atoms with Crippen LogP contribution >= 0.6 is 0 Å². The maximum atomic E-state index is 14.2. The van der Waals surface area contributed by atoms with Gasteiger partial charge in [-0.3, -0.25) is 9.48 Å². The Labute approximate surface area is 149 Å². The molecule has 1 unspecified atom stereocenters. The molecule has 1 aromatic heterocycles. The van der Waals surface area contributed by atoms with Crippen LogP contribution in [0.3, 0.4) is 0 Å². The second kappa shape index (κ2) is 6.37. The molecule has 1 aliphatic rings. The molecular formula is C20H17F2N3O. The predicted molar refractivity (Wildman–Crippen MR) is 93.8 cm³/mol. The van der Waals surface area contributed by atoms with Gasteiger partial charge < -0.3 is 5.32 Å². The number of rotatable bonds is 4. The Hall–Kier alpha value is -3.02. The normalized spacial score (nSPS) is 15.3. The van der Waals surface area contributed by atoms with Crippen LogP contribution < -0.4 is 5.32 Å². The number of aryl methyl sites for hydroxylation is 1. The number of benzene rings is 2. The molecule has 0 bridgehead atoms. The van der Waals surface area contributed by atoms with E-state index in [0.717, 1.165) is 12.5 Å². The molecule has 0 spiro atoms. The van der Waals surface area contributed by atoms with Crippen LogP contribution in [0.4, 0.5) is 8.78 Å². The molecule has 1 N–H and O–H groups in total. The SMILES string of the molecule is Cn1ncc(C(=O)NCC2Cc3ccccc32)c1-c1ccc(F)cc1F. The van der Waals surface area contributed by atoms with Crippen molar-refractivity contribution < 1.29 is 13.6 Å². The van der Waals surface area contributed by atoms with E-state index in [2.05, 4.69) is 22.5 Å². The first-order valence-corrected chi connectivity index (χ1v) is 8.38. The largest absolute Gasteiger partial charge is 0.351 e. The molecule has 2 aromatic carbocycles. The number of amides is 1. The van der Waals surface area contributed by atoms with Crippen LogP contribution in [0.15, 0.2) is 48.7 Å². The zero-order valence-corrected chi connectivity index (χ0v) is 14.2. The Balaban J connectivity index is 1.54. The van der Waals surface area contributed by atoms with Gasteiger partial charge >= 0.3 is 0 Å². The second-order valence-electron chi connectivity index (χ2n) is 6.46. The Morgan fingerprint density at radius 3 is 2.85 bits per heavy atom. The minimum Gasteiger partial charge on any atom is -0.351 e. The maximum absolute atomic E-state index is 14.2. The topological polar surface area (TPSA) is 46.9 Å². The summed E-state index contributed by atoms with van der Waals surface area (Å²) < 4.78 is 28.8. The third-order valence-electron chi connectivity index (χ3n) is 4.84. The van der Waals surface area contributed by atoms with E-state index < -0.39 is 11.6 Å². The number of nitrogens with zero attached hydrogens (tertiary/aromatic N) is 2. The quantitative estimate of drug-likeness (QED) is 0.781. The number of hydrogen-bond donors (Lipinski definition) is 1. The van der Waals surface area contributed by atoms with Crippen LogP contribution in [0.25, 0.3) is 11.3 Å². The highest BCUT2D eigenvalue weighted by Crippen LogP contribution is 2.34. The van der Waals surface area contributed by atoms with Crippen molar-refractivity contribution in [2.45, 2.75) is 12.3 Å². The molecule has 4 rings (SSSR count). The summed E-state index contributed by atoms with van der Waals surface area (Å²) in [5.41, 5.74) is 3.30. The summed E-state index contributed by atoms with van der Waals surface area (Å²) in [6.07, 6.45) is 2.34. The summed E-state index contributed by atoms with van der Waals surface area (Å²) in [7, 11) is 1.62. The lowest BCUT2D eigenvalue weighted by molar-refractivity contribution is 0.0950. The van der Waals surface area contributed by atoms with Gasteiger partial charge in [0, 0.05) is 31.1 Å². The molecule has 1 amide bonds. The zero-order chi connectivity index (χ0) is 18.3. The molecule has 0 aliphatic heterocycles. The Bertz CT molecular complexity index is 996. The molecular weight excluding hydrogens is 336 g/mol. The summed E-state index contributed by atoms with van der Waals surface area (Å²) in [5.74, 6) is -1.42. The number of hydrogen-bond acceptors (Lipinski definition) is 2. The van der Waals surface area contributed by atoms with Gasteiger partial charge in [-0.15, -0.1) is 0 Å². The van der Waals surface area contributed by atoms with Crippen LogP contribution in [0.2, 0.25) is 0 Å². The van der Waals surface area contributed by atoms with E-state index in [9.17, 15) is 13.6 Å². The average Bonchev–Trinajstić information content (AvgIpc) is 2.97. The molecule has 132 valence electrons. The van der Waals surface area contributed by atoms with Crippen LogP contribution in [-0.4, -0.2) is 22.2 Å². The van der Waals surface area contributed by atoms with Gasteiger partial charge in [-0.2, -0.15) is 5.10 Å². The van der Waals surface area contributed by atoms with Gasteiger partial charge in [0.2, 0.25) is 0 Å². The Morgan fingerprint density at radius 1 is 1.27 bits per heavy atom. The minimum atomic E-state index is -0.726. The van der Waals surface area contributed by atoms with Crippen molar-refractivity contribution in [1.29, 1.82) is 0 Å². The monoisotopic (exact) mass is 353 g/mol. The first-order chi connectivity index (χ1) is 12.5. The maximum Gasteiger partial charge on any atom is 0.255 e. The van der Waals surface area contributed by atoms with Crippen LogP contribution in [-0.2, 0) is 13.5 Å². The highest BCUT2D eigenvalue weighted by atomic mass is 19.1. The van der Waals surface area contributed by atoms with Crippen molar-refractivity contribution in [2.75, 3.05) is 6.54 Å². The van der Waals surface area contributed by atoms with Crippen molar-refractivity contribution in [3.8, 4) is 11.3 Å². The predicted octanol–water partition coefficient (Wildman–Crippen LogP) is 3.44. The van der Waals surface area contributed by atoms with E-state index in [4.69, 9.17) is 0 Å². The van der Waals surface area contributed by atoms with Crippen LogP contribution in [0, 0.1) is 11.6 Å². The van der Waals surface area contributed by atoms with Crippen molar-refractivity contribution in [3.63, 3.8) is 0 Å². The number of carbonyl (C=O) groups is 1. The molecule has 0 radical (unpaired) electrons. The average molecular weight is 353 g/mol. The second-order valence-corrected chi connectivity index (χ2v) is 6.46. The summed E-state index contributed by atoms with van der Waals surface area (Å²) in [4.78, 5) is 12.6. The third kappa shape index (κ3) is 2.77. The fraction of sp³-hybridized carbons (Fsp3) is 0.200. The number of carbonyl (C=O) groups excluding carboxylic acids is 1. The Kier molecular flexibility index (Phi) is 4.03. The van der Waals surface area contributed by atoms with Crippen molar-refractivity contribution >= 4 is 5.91 Å². The Morgan fingerprint density at radius 2 is 2.08 bits per heavy atom. The number of nitrogens with one attached hydrogen (secondary N) is 1. The van der Waals surface area contributed by atoms with E-state index in [1.54, 1.807) is 7.05 Å². The van der Waals surface area contributed by atoms with E-state index in [-0.39, 0.29) is 23.0 Å². The zero-order valence-electron chi connectivity index (χ0n) is 14.2. The summed E-state index contributed by atoms with van der Waals surface area (Å²) in [6, 6.07) is 11.4. The highest BCUT2D eigenvalue weighted by molar-refractivity contribution is 6.00. The van der Waals surface area contributed by atoms with Crippen molar-refractivity contribution in [1.82, 2.24) is 15.1 Å². The van der Waals surface area contributed by atoms with E-state index in [1.165, 1.54) is 34.1 Å². The first-order valence-electron chi connectivity index (χ1n) is 8.38. The summed E-state index contributed by atoms with van der Waals surface area (Å²) in [5, 5.41) is 6.98. The van der Waals surface area contributed by atoms with Gasteiger partial charge in [0.1, 0.15) is 11.6 Å². The van der Waals surface area contributed by atoms with E-state index in [0.29, 0.717) is 12.2 Å². The number of fused-ring (bicyclic) bond motifs is 1. The van der Waals surface area contributed by atoms with Crippen LogP contribution in [0.5, 0.6) is 0 Å². The smallest absolute Gasteiger partial charge is 0.255 e. The molecule has 26 heavy (non-hydrogen) atoms. The van der Waals surface area contributed by atoms with Gasteiger partial charge in [-0.25, -0.2) is 8.78 Å². The van der Waals surface area contributed by atoms with Crippen LogP contribution in [0.1, 0.15) is 27.4 Å². The molecule has 0 fully saturated rings. The molecule has 0 saturated carbocycles. The first kappa shape index (κ1) is 16.4. The fourth-order valence-corrected chi connectivity index (χ4v) is 3.46. The van der Waals surface area contributed by atoms with Gasteiger partial charge in [-0.1, -0.05) is 24.3 Å². The molecule has 1 aliphatic carbocycles. The molecule has 6 heteroatoms. The highest BCUT2D eigenvalue weighted by Gasteiger charge is 2.27. The van der Waals surface area contributed by atoms with Gasteiger partial charge in [0.25, 0.3) is 5.91 Å². The number of halogens is 2. The number of aromatic nitrogens is 2. The van der Waals surface area contributed by atoms with Gasteiger partial charge in [-0.05, 0) is 29.7 Å². The molecule has 1 heterocycles. The third-order valence-corrected chi connectivity index (χ3v) is 4.84. The van der Waals surface area contributed by atoms with Gasteiger partial charge in [0.05, 0.1) is 17.5 Å². The molecule has 3 aromatic rings. The summed E-state index contributed by atoms with van der Waals surface area (Å²) in [6.45, 7) is 0.510. The van der Waals surface area contributed by atoms with E-state index >= 15 is 0 Å². The van der Waals surface area contributed by atoms with E-state index in [1.807, 2.05) is 12.1 Å². The standard InChI is InChI=1S/C20H17F2N3O/c1-25-19(16-7-6-14(21)9-18(16)22)17(11-24-25)20(26)23-10-13-8-12-4-2-3-5-15(12)13/h2-7,9,11,13H,8,10H2,1H3,(H,23,26). The fourth-order valence-electron chi connectivity index (χ4n) is 3.46. The van der Waals surface area contributed by atoms with Crippen molar-refractivity contribution in [3.05, 3.63) is 77.0 Å². The lowest BCUT2D eigenvalue weighted by atomic mass is 9.77. The lowest BCUT2D eigenvalue weighted by Crippen LogP contribution is -2.33. The molecule has 4 nitrogen and oxygen atoms in total. The molecule has 0 saturated heterocycles.